The van der Waals surface area contributed by atoms with Crippen LogP contribution >= 0.6 is 0 Å². The number of hydrogen-bond acceptors (Lipinski definition) is 3. The molecule has 0 bridgehead atoms. The van der Waals surface area contributed by atoms with E-state index in [9.17, 15) is 4.79 Å². The molecule has 0 aromatic carbocycles. The lowest BCUT2D eigenvalue weighted by Crippen LogP contribution is -2.49. The molecule has 19 heavy (non-hydrogen) atoms. The van der Waals surface area contributed by atoms with Gasteiger partial charge in [0.2, 0.25) is 5.91 Å². The number of carbonyl (C=O) groups is 1. The molecule has 2 unspecified atom stereocenters. The Bertz CT molecular complexity index is 394. The number of aromatic nitrogens is 1. The molecule has 1 aliphatic rings. The Morgan fingerprint density at radius 1 is 1.58 bits per heavy atom. The highest BCUT2D eigenvalue weighted by molar-refractivity contribution is 5.81. The van der Waals surface area contributed by atoms with Crippen LogP contribution in [-0.4, -0.2) is 30.0 Å². The zero-order chi connectivity index (χ0) is 13.5. The van der Waals surface area contributed by atoms with Gasteiger partial charge in [0.25, 0.3) is 0 Å². The third kappa shape index (κ3) is 4.31. The summed E-state index contributed by atoms with van der Waals surface area (Å²) < 4.78 is 0. The number of rotatable bonds is 5. The van der Waals surface area contributed by atoms with Gasteiger partial charge < -0.3 is 10.6 Å². The van der Waals surface area contributed by atoms with Gasteiger partial charge in [0.15, 0.2) is 0 Å². The fourth-order valence-electron chi connectivity index (χ4n) is 2.57. The summed E-state index contributed by atoms with van der Waals surface area (Å²) in [6, 6.07) is 3.95. The van der Waals surface area contributed by atoms with Crippen molar-refractivity contribution in [1.82, 2.24) is 15.6 Å². The maximum absolute atomic E-state index is 12.1. The van der Waals surface area contributed by atoms with Gasteiger partial charge in [-0.1, -0.05) is 19.4 Å². The quantitative estimate of drug-likeness (QED) is 0.845. The van der Waals surface area contributed by atoms with Crippen LogP contribution in [-0.2, 0) is 11.2 Å². The number of nitrogens with zero attached hydrogens (tertiary/aromatic N) is 1. The number of pyridine rings is 1. The van der Waals surface area contributed by atoms with Crippen molar-refractivity contribution in [3.63, 3.8) is 0 Å². The van der Waals surface area contributed by atoms with Crippen molar-refractivity contribution >= 4 is 5.91 Å². The number of hydrogen-bond donors (Lipinski definition) is 2. The monoisotopic (exact) mass is 261 g/mol. The normalized spacial score (nSPS) is 23.0. The summed E-state index contributed by atoms with van der Waals surface area (Å²) in [7, 11) is 0. The summed E-state index contributed by atoms with van der Waals surface area (Å²) in [5, 5.41) is 6.32. The number of nitrogens with one attached hydrogen (secondary N) is 2. The molecule has 2 rings (SSSR count). The smallest absolute Gasteiger partial charge is 0.237 e. The fraction of sp³-hybridized carbons (Fsp3) is 0.600. The van der Waals surface area contributed by atoms with Gasteiger partial charge in [-0.3, -0.25) is 9.78 Å². The molecule has 1 fully saturated rings. The molecular formula is C15H23N3O. The lowest BCUT2D eigenvalue weighted by molar-refractivity contribution is -0.124. The van der Waals surface area contributed by atoms with Crippen LogP contribution in [0.4, 0.5) is 0 Å². The summed E-state index contributed by atoms with van der Waals surface area (Å²) in [6.07, 6.45) is 7.77. The van der Waals surface area contributed by atoms with E-state index in [0.29, 0.717) is 12.5 Å². The summed E-state index contributed by atoms with van der Waals surface area (Å²) >= 11 is 0. The first-order chi connectivity index (χ1) is 9.29. The number of carbonyl (C=O) groups excluding carboxylic acids is 1. The lowest BCUT2D eigenvalue weighted by Gasteiger charge is -2.28. The van der Waals surface area contributed by atoms with Gasteiger partial charge in [-0.25, -0.2) is 0 Å². The third-order valence-corrected chi connectivity index (χ3v) is 3.84. The van der Waals surface area contributed by atoms with Crippen LogP contribution in [0.15, 0.2) is 24.5 Å². The van der Waals surface area contributed by atoms with Crippen molar-refractivity contribution in [3.8, 4) is 0 Å². The molecule has 2 N–H and O–H groups in total. The topological polar surface area (TPSA) is 54.0 Å². The molecule has 1 aromatic heterocycles. The molecule has 1 aliphatic heterocycles. The first-order valence-electron chi connectivity index (χ1n) is 7.19. The van der Waals surface area contributed by atoms with Crippen molar-refractivity contribution in [2.24, 2.45) is 5.92 Å². The van der Waals surface area contributed by atoms with Crippen molar-refractivity contribution < 1.29 is 4.79 Å². The minimum Gasteiger partial charge on any atom is -0.354 e. The van der Waals surface area contributed by atoms with Gasteiger partial charge in [-0.2, -0.15) is 0 Å². The number of piperidine rings is 1. The van der Waals surface area contributed by atoms with E-state index in [1.807, 2.05) is 18.3 Å². The molecule has 0 aliphatic carbocycles. The van der Waals surface area contributed by atoms with Gasteiger partial charge in [0.1, 0.15) is 0 Å². The van der Waals surface area contributed by atoms with Crippen LogP contribution in [0.3, 0.4) is 0 Å². The largest absolute Gasteiger partial charge is 0.354 e. The Labute approximate surface area is 115 Å². The third-order valence-electron chi connectivity index (χ3n) is 3.84. The molecule has 0 radical (unpaired) electrons. The number of amides is 1. The second-order valence-corrected chi connectivity index (χ2v) is 5.21. The molecule has 1 amide bonds. The fourth-order valence-corrected chi connectivity index (χ4v) is 2.57. The Hall–Kier alpha value is -1.42. The van der Waals surface area contributed by atoms with E-state index in [1.54, 1.807) is 6.20 Å². The maximum Gasteiger partial charge on any atom is 0.237 e. The Morgan fingerprint density at radius 2 is 2.47 bits per heavy atom. The Kier molecular flexibility index (Phi) is 5.33. The van der Waals surface area contributed by atoms with Crippen LogP contribution in [0, 0.1) is 5.92 Å². The first kappa shape index (κ1) is 14.0. The van der Waals surface area contributed by atoms with Gasteiger partial charge in [-0.05, 0) is 43.4 Å². The summed E-state index contributed by atoms with van der Waals surface area (Å²) in [5.74, 6) is 0.831. The van der Waals surface area contributed by atoms with E-state index in [-0.39, 0.29) is 11.9 Å². The van der Waals surface area contributed by atoms with Gasteiger partial charge in [-0.15, -0.1) is 0 Å². The van der Waals surface area contributed by atoms with Gasteiger partial charge >= 0.3 is 0 Å². The minimum atomic E-state index is -0.00685. The molecule has 2 atom stereocenters. The molecule has 4 heteroatoms. The average Bonchev–Trinajstić information content (AvgIpc) is 2.48. The van der Waals surface area contributed by atoms with E-state index in [0.717, 1.165) is 24.9 Å². The van der Waals surface area contributed by atoms with Gasteiger partial charge in [0.05, 0.1) is 6.04 Å². The van der Waals surface area contributed by atoms with Crippen molar-refractivity contribution in [3.05, 3.63) is 30.1 Å². The van der Waals surface area contributed by atoms with Crippen LogP contribution in [0.25, 0.3) is 0 Å². The highest BCUT2D eigenvalue weighted by atomic mass is 16.2. The second-order valence-electron chi connectivity index (χ2n) is 5.21. The average molecular weight is 261 g/mol. The highest BCUT2D eigenvalue weighted by Crippen LogP contribution is 2.19. The minimum absolute atomic E-state index is 0.00685. The first-order valence-corrected chi connectivity index (χ1v) is 7.19. The van der Waals surface area contributed by atoms with E-state index in [1.165, 1.54) is 12.8 Å². The molecule has 2 heterocycles. The van der Waals surface area contributed by atoms with Crippen molar-refractivity contribution in [2.75, 3.05) is 13.1 Å². The Balaban J connectivity index is 1.72. The summed E-state index contributed by atoms with van der Waals surface area (Å²) in [6.45, 7) is 3.84. The molecule has 4 nitrogen and oxygen atoms in total. The second kappa shape index (κ2) is 7.24. The van der Waals surface area contributed by atoms with E-state index < -0.39 is 0 Å². The van der Waals surface area contributed by atoms with Crippen LogP contribution in [0.1, 0.15) is 31.7 Å². The van der Waals surface area contributed by atoms with E-state index in [2.05, 4.69) is 22.5 Å². The molecule has 0 saturated carbocycles. The van der Waals surface area contributed by atoms with Gasteiger partial charge in [0, 0.05) is 18.9 Å². The maximum atomic E-state index is 12.1. The predicted molar refractivity (Wildman–Crippen MR) is 75.8 cm³/mol. The lowest BCUT2D eigenvalue weighted by atomic mass is 9.90. The Morgan fingerprint density at radius 3 is 3.21 bits per heavy atom. The zero-order valence-electron chi connectivity index (χ0n) is 11.6. The molecule has 1 saturated heterocycles. The van der Waals surface area contributed by atoms with Crippen LogP contribution in [0.5, 0.6) is 0 Å². The molecule has 104 valence electrons. The standard InChI is InChI=1S/C15H23N3O/c1-2-12-5-8-17-14(10-12)15(19)18-9-6-13-4-3-7-16-11-13/h3-4,7,11-12,14,17H,2,5-6,8-10H2,1H3,(H,18,19). The zero-order valence-corrected chi connectivity index (χ0v) is 11.6. The predicted octanol–water partition coefficient (Wildman–Crippen LogP) is 1.52. The van der Waals surface area contributed by atoms with E-state index in [4.69, 9.17) is 0 Å². The summed E-state index contributed by atoms with van der Waals surface area (Å²) in [4.78, 5) is 16.1. The van der Waals surface area contributed by atoms with Crippen LogP contribution in [0.2, 0.25) is 0 Å². The molecular weight excluding hydrogens is 238 g/mol. The van der Waals surface area contributed by atoms with Crippen molar-refractivity contribution in [2.45, 2.75) is 38.6 Å². The van der Waals surface area contributed by atoms with E-state index >= 15 is 0 Å². The highest BCUT2D eigenvalue weighted by Gasteiger charge is 2.25. The summed E-state index contributed by atoms with van der Waals surface area (Å²) in [5.41, 5.74) is 1.16. The SMILES string of the molecule is CCC1CCNC(C(=O)NCCc2cccnc2)C1. The van der Waals surface area contributed by atoms with Crippen LogP contribution < -0.4 is 10.6 Å². The molecule has 1 aromatic rings. The van der Waals surface area contributed by atoms with Crippen molar-refractivity contribution in [1.29, 1.82) is 0 Å². The molecule has 0 spiro atoms.